The summed E-state index contributed by atoms with van der Waals surface area (Å²) >= 11 is 16.0. The average molecular weight is 612 g/mol. The number of hydrogen-bond donors (Lipinski definition) is 0. The number of carbonyl (C=O) groups excluding carboxylic acids is 3. The van der Waals surface area contributed by atoms with E-state index in [0.29, 0.717) is 22.2 Å². The summed E-state index contributed by atoms with van der Waals surface area (Å²) in [7, 11) is 1.42. The second-order valence-corrected chi connectivity index (χ2v) is 10.5. The van der Waals surface area contributed by atoms with E-state index in [9.17, 15) is 14.4 Å². The minimum atomic E-state index is -0.432. The number of amides is 3. The molecule has 0 saturated heterocycles. The van der Waals surface area contributed by atoms with Crippen molar-refractivity contribution in [2.24, 2.45) is 0 Å². The highest BCUT2D eigenvalue weighted by Crippen LogP contribution is 2.36. The molecule has 3 amide bonds. The minimum Gasteiger partial charge on any atom is -0.494 e. The van der Waals surface area contributed by atoms with Crippen LogP contribution in [-0.4, -0.2) is 42.8 Å². The van der Waals surface area contributed by atoms with Gasteiger partial charge in [-0.15, -0.1) is 0 Å². The molecule has 0 saturated carbocycles. The molecule has 0 N–H and O–H groups in total. The summed E-state index contributed by atoms with van der Waals surface area (Å²) in [6.45, 7) is 1.95. The maximum atomic E-state index is 13.9. The number of halogens is 3. The van der Waals surface area contributed by atoms with E-state index in [0.717, 1.165) is 15.4 Å². The standard InChI is InChI=1S/C29H21BrCl2N2O4/c1-16-6-8-18(9-7-16)33(29(37)22-14-17(31)15-24(32)26(22)38-2)12-13-34-27(35)20-5-3-4-19-23(30)11-10-21(25(19)20)28(34)36/h3-11,14-15H,12-13H2,1-2H3. The van der Waals surface area contributed by atoms with E-state index in [1.807, 2.05) is 25.1 Å². The first kappa shape index (κ1) is 26.2. The quantitative estimate of drug-likeness (QED) is 0.217. The van der Waals surface area contributed by atoms with E-state index in [-0.39, 0.29) is 34.4 Å². The number of ether oxygens (including phenoxy) is 1. The molecule has 0 spiro atoms. The van der Waals surface area contributed by atoms with E-state index in [1.54, 1.807) is 36.4 Å². The fraction of sp³-hybridized carbons (Fsp3) is 0.138. The van der Waals surface area contributed by atoms with Crippen molar-refractivity contribution in [2.75, 3.05) is 25.1 Å². The van der Waals surface area contributed by atoms with Crippen molar-refractivity contribution in [3.63, 3.8) is 0 Å². The largest absolute Gasteiger partial charge is 0.494 e. The second kappa shape index (κ2) is 10.4. The van der Waals surface area contributed by atoms with Crippen molar-refractivity contribution in [1.82, 2.24) is 4.90 Å². The van der Waals surface area contributed by atoms with E-state index >= 15 is 0 Å². The van der Waals surface area contributed by atoms with Crippen LogP contribution in [0.5, 0.6) is 5.75 Å². The third-order valence-electron chi connectivity index (χ3n) is 6.52. The highest BCUT2D eigenvalue weighted by atomic mass is 79.9. The number of methoxy groups -OCH3 is 1. The fourth-order valence-electron chi connectivity index (χ4n) is 4.66. The molecule has 4 aromatic rings. The molecule has 0 fully saturated rings. The lowest BCUT2D eigenvalue weighted by molar-refractivity contribution is 0.0611. The first-order valence-corrected chi connectivity index (χ1v) is 13.2. The van der Waals surface area contributed by atoms with Gasteiger partial charge in [-0.1, -0.05) is 69.0 Å². The number of imide groups is 1. The Labute approximate surface area is 237 Å². The predicted octanol–water partition coefficient (Wildman–Crippen LogP) is 7.17. The van der Waals surface area contributed by atoms with Crippen LogP contribution in [-0.2, 0) is 0 Å². The van der Waals surface area contributed by atoms with Gasteiger partial charge in [0.15, 0.2) is 0 Å². The number of nitrogens with zero attached hydrogens (tertiary/aromatic N) is 2. The van der Waals surface area contributed by atoms with Crippen LogP contribution in [0.2, 0.25) is 10.0 Å². The lowest BCUT2D eigenvalue weighted by atomic mass is 9.94. The molecular weight excluding hydrogens is 591 g/mol. The van der Waals surface area contributed by atoms with Crippen LogP contribution >= 0.6 is 39.1 Å². The first-order valence-electron chi connectivity index (χ1n) is 11.7. The molecule has 1 heterocycles. The number of benzene rings is 4. The zero-order chi connectivity index (χ0) is 27.1. The maximum absolute atomic E-state index is 13.9. The Morgan fingerprint density at radius 1 is 0.974 bits per heavy atom. The summed E-state index contributed by atoms with van der Waals surface area (Å²) < 4.78 is 6.21. The summed E-state index contributed by atoms with van der Waals surface area (Å²) in [6.07, 6.45) is 0. The van der Waals surface area contributed by atoms with Gasteiger partial charge in [-0.25, -0.2) is 0 Å². The molecular formula is C29H21BrCl2N2O4. The molecule has 0 radical (unpaired) electrons. The van der Waals surface area contributed by atoms with Crippen LogP contribution in [0.4, 0.5) is 5.69 Å². The molecule has 9 heteroatoms. The van der Waals surface area contributed by atoms with Crippen molar-refractivity contribution in [3.8, 4) is 5.75 Å². The van der Waals surface area contributed by atoms with Crippen molar-refractivity contribution < 1.29 is 19.1 Å². The van der Waals surface area contributed by atoms with E-state index in [2.05, 4.69) is 15.9 Å². The van der Waals surface area contributed by atoms with Gasteiger partial charge in [0, 0.05) is 44.8 Å². The molecule has 0 atom stereocenters. The molecule has 0 aromatic heterocycles. The number of carbonyl (C=O) groups is 3. The Hall–Kier alpha value is -3.39. The molecule has 4 aromatic carbocycles. The maximum Gasteiger partial charge on any atom is 0.262 e. The van der Waals surface area contributed by atoms with E-state index < -0.39 is 17.7 Å². The Morgan fingerprint density at radius 3 is 2.34 bits per heavy atom. The van der Waals surface area contributed by atoms with Crippen LogP contribution < -0.4 is 9.64 Å². The Balaban J connectivity index is 1.52. The minimum absolute atomic E-state index is 0.0280. The van der Waals surface area contributed by atoms with Crippen LogP contribution in [0.1, 0.15) is 36.6 Å². The normalized spacial score (nSPS) is 12.7. The summed E-state index contributed by atoms with van der Waals surface area (Å²) in [5.74, 6) is -1.07. The van der Waals surface area contributed by atoms with Gasteiger partial charge in [-0.2, -0.15) is 0 Å². The molecule has 1 aliphatic rings. The summed E-state index contributed by atoms with van der Waals surface area (Å²) in [6, 6.07) is 19.2. The van der Waals surface area contributed by atoms with Crippen LogP contribution in [0.3, 0.4) is 0 Å². The van der Waals surface area contributed by atoms with Crippen LogP contribution in [0.15, 0.2) is 71.2 Å². The predicted molar refractivity (Wildman–Crippen MR) is 153 cm³/mol. The zero-order valence-corrected chi connectivity index (χ0v) is 23.5. The van der Waals surface area contributed by atoms with Gasteiger partial charge in [0.1, 0.15) is 5.75 Å². The zero-order valence-electron chi connectivity index (χ0n) is 20.4. The molecule has 38 heavy (non-hydrogen) atoms. The number of rotatable bonds is 6. The molecule has 0 aliphatic carbocycles. The molecule has 0 unspecified atom stereocenters. The van der Waals surface area contributed by atoms with Gasteiger partial charge in [0.25, 0.3) is 17.7 Å². The highest BCUT2D eigenvalue weighted by molar-refractivity contribution is 9.10. The Morgan fingerprint density at radius 2 is 1.66 bits per heavy atom. The van der Waals surface area contributed by atoms with Gasteiger partial charge in [-0.3, -0.25) is 19.3 Å². The lowest BCUT2D eigenvalue weighted by Crippen LogP contribution is -2.46. The van der Waals surface area contributed by atoms with Crippen molar-refractivity contribution >= 4 is 73.3 Å². The summed E-state index contributed by atoms with van der Waals surface area (Å²) in [5, 5.41) is 1.89. The third kappa shape index (κ3) is 4.55. The molecule has 6 nitrogen and oxygen atoms in total. The Bertz CT molecular complexity index is 1600. The Kier molecular flexibility index (Phi) is 7.18. The molecule has 0 bridgehead atoms. The van der Waals surface area contributed by atoms with Gasteiger partial charge in [0.05, 0.1) is 17.7 Å². The first-order chi connectivity index (χ1) is 18.2. The van der Waals surface area contributed by atoms with Crippen molar-refractivity contribution in [2.45, 2.75) is 6.92 Å². The van der Waals surface area contributed by atoms with Crippen LogP contribution in [0.25, 0.3) is 10.8 Å². The van der Waals surface area contributed by atoms with Crippen molar-refractivity contribution in [3.05, 3.63) is 104 Å². The lowest BCUT2D eigenvalue weighted by Gasteiger charge is -2.30. The van der Waals surface area contributed by atoms with Gasteiger partial charge >= 0.3 is 0 Å². The SMILES string of the molecule is COc1c(Cl)cc(Cl)cc1C(=O)N(CCN1C(=O)c2cccc3c(Br)ccc(c23)C1=O)c1ccc(C)cc1. The van der Waals surface area contributed by atoms with Gasteiger partial charge in [-0.05, 0) is 54.8 Å². The van der Waals surface area contributed by atoms with Gasteiger partial charge in [0.2, 0.25) is 0 Å². The fourth-order valence-corrected chi connectivity index (χ4v) is 5.69. The highest BCUT2D eigenvalue weighted by Gasteiger charge is 2.34. The summed E-state index contributed by atoms with van der Waals surface area (Å²) in [4.78, 5) is 43.5. The molecule has 192 valence electrons. The average Bonchev–Trinajstić information content (AvgIpc) is 2.90. The van der Waals surface area contributed by atoms with Crippen LogP contribution in [0, 0.1) is 6.92 Å². The third-order valence-corrected chi connectivity index (χ3v) is 7.71. The smallest absolute Gasteiger partial charge is 0.262 e. The second-order valence-electron chi connectivity index (χ2n) is 8.85. The van der Waals surface area contributed by atoms with E-state index in [1.165, 1.54) is 29.0 Å². The monoisotopic (exact) mass is 610 g/mol. The molecule has 5 rings (SSSR count). The number of aryl methyl sites for hydroxylation is 1. The molecule has 1 aliphatic heterocycles. The summed E-state index contributed by atoms with van der Waals surface area (Å²) in [5.41, 5.74) is 2.65. The van der Waals surface area contributed by atoms with Gasteiger partial charge < -0.3 is 9.64 Å². The number of hydrogen-bond acceptors (Lipinski definition) is 4. The topological polar surface area (TPSA) is 66.9 Å². The number of anilines is 1. The van der Waals surface area contributed by atoms with Crippen molar-refractivity contribution in [1.29, 1.82) is 0 Å². The van der Waals surface area contributed by atoms with E-state index in [4.69, 9.17) is 27.9 Å².